The van der Waals surface area contributed by atoms with E-state index in [1.807, 2.05) is 0 Å². The Morgan fingerprint density at radius 1 is 0.918 bits per heavy atom. The Bertz CT molecular complexity index is 1850. The Hall–Kier alpha value is -4.55. The second kappa shape index (κ2) is 14.1. The van der Waals surface area contributed by atoms with Gasteiger partial charge in [-0.3, -0.25) is 9.59 Å². The number of carbonyl (C=O) groups excluding carboxylic acids is 2. The van der Waals surface area contributed by atoms with Crippen LogP contribution in [0.25, 0.3) is 11.3 Å². The van der Waals surface area contributed by atoms with Crippen LogP contribution in [0.15, 0.2) is 78.9 Å². The highest BCUT2D eigenvalue weighted by molar-refractivity contribution is 6.31. The number of ketones is 1. The van der Waals surface area contributed by atoms with Crippen LogP contribution in [-0.2, 0) is 11.2 Å². The smallest absolute Gasteiger partial charge is 0.430 e. The first-order valence-corrected chi connectivity index (χ1v) is 15.7. The van der Waals surface area contributed by atoms with Crippen molar-refractivity contribution in [3.63, 3.8) is 0 Å². The molecule has 258 valence electrons. The van der Waals surface area contributed by atoms with Crippen LogP contribution in [0, 0.1) is 5.82 Å². The zero-order valence-corrected chi connectivity index (χ0v) is 27.5. The van der Waals surface area contributed by atoms with Gasteiger partial charge in [-0.05, 0) is 80.8 Å². The fraction of sp³-hybridized carbons (Fsp3) is 0.306. The molecule has 0 spiro atoms. The molecule has 1 heterocycles. The zero-order valence-electron chi connectivity index (χ0n) is 26.8. The number of pyridine rings is 1. The maximum atomic E-state index is 16.6. The molecule has 5 rings (SSSR count). The molecule has 1 atom stereocenters. The van der Waals surface area contributed by atoms with Crippen molar-refractivity contribution in [3.05, 3.63) is 112 Å². The number of hydrogen-bond acceptors (Lipinski definition) is 6. The van der Waals surface area contributed by atoms with Gasteiger partial charge in [-0.1, -0.05) is 41.9 Å². The third-order valence-corrected chi connectivity index (χ3v) is 8.43. The van der Waals surface area contributed by atoms with Crippen molar-refractivity contribution in [1.29, 1.82) is 0 Å². The minimum atomic E-state index is -5.55. The summed E-state index contributed by atoms with van der Waals surface area (Å²) < 4.78 is 85.8. The molecular weight excluding hydrogens is 669 g/mol. The first-order valence-electron chi connectivity index (χ1n) is 15.3. The average molecular weight is 702 g/mol. The molecule has 0 bridgehead atoms. The molecule has 3 aromatic carbocycles. The Balaban J connectivity index is 1.49. The molecule has 1 saturated carbocycles. The number of nitrogens with one attached hydrogen (secondary N) is 2. The summed E-state index contributed by atoms with van der Waals surface area (Å²) in [4.78, 5) is 29.9. The minimum absolute atomic E-state index is 0.0242. The van der Waals surface area contributed by atoms with Crippen LogP contribution in [0.4, 0.5) is 22.0 Å². The first kappa shape index (κ1) is 35.7. The van der Waals surface area contributed by atoms with Gasteiger partial charge in [0.1, 0.15) is 5.82 Å². The van der Waals surface area contributed by atoms with Gasteiger partial charge in [0, 0.05) is 22.2 Å². The third-order valence-electron chi connectivity index (χ3n) is 8.14. The van der Waals surface area contributed by atoms with E-state index >= 15 is 4.39 Å². The van der Waals surface area contributed by atoms with Gasteiger partial charge in [-0.15, -0.1) is 0 Å². The maximum Gasteiger partial charge on any atom is 0.430 e. The van der Waals surface area contributed by atoms with Crippen LogP contribution in [0.2, 0.25) is 5.02 Å². The SMILES string of the molecule is COc1cc(C(=O)NCC(F)(c2cc(C(C)(C)NCC(=O)c3ccccc3)cc(-c3ccc(F)c(Cl)c3)n2)C(F)(F)F)ccc1OC1CC1. The van der Waals surface area contributed by atoms with Gasteiger partial charge in [0.15, 0.2) is 17.3 Å². The summed E-state index contributed by atoms with van der Waals surface area (Å²) in [6.07, 6.45) is -3.79. The summed E-state index contributed by atoms with van der Waals surface area (Å²) in [6, 6.07) is 18.2. The Kier molecular flexibility index (Phi) is 10.3. The number of nitrogens with zero attached hydrogens (tertiary/aromatic N) is 1. The number of ether oxygens (including phenoxy) is 2. The molecule has 0 radical (unpaired) electrons. The van der Waals surface area contributed by atoms with E-state index in [9.17, 15) is 27.2 Å². The van der Waals surface area contributed by atoms with E-state index in [1.165, 1.54) is 37.4 Å². The highest BCUT2D eigenvalue weighted by Crippen LogP contribution is 2.43. The van der Waals surface area contributed by atoms with Crippen LogP contribution < -0.4 is 20.1 Å². The number of aromatic nitrogens is 1. The van der Waals surface area contributed by atoms with E-state index in [1.54, 1.807) is 44.2 Å². The fourth-order valence-electron chi connectivity index (χ4n) is 4.94. The largest absolute Gasteiger partial charge is 0.493 e. The van der Waals surface area contributed by atoms with E-state index in [4.69, 9.17) is 21.1 Å². The van der Waals surface area contributed by atoms with E-state index in [0.29, 0.717) is 11.3 Å². The number of Topliss-reactive ketones (excluding diaryl/α,β-unsaturated/α-hetero) is 1. The molecule has 1 fully saturated rings. The Labute approximate surface area is 284 Å². The predicted molar refractivity (Wildman–Crippen MR) is 174 cm³/mol. The summed E-state index contributed by atoms with van der Waals surface area (Å²) >= 11 is 5.97. The molecule has 4 aromatic rings. The summed E-state index contributed by atoms with van der Waals surface area (Å²) in [5.41, 5.74) is -6.04. The van der Waals surface area contributed by atoms with Crippen molar-refractivity contribution in [1.82, 2.24) is 15.6 Å². The van der Waals surface area contributed by atoms with Gasteiger partial charge in [0.2, 0.25) is 0 Å². The summed E-state index contributed by atoms with van der Waals surface area (Å²) in [7, 11) is 1.35. The number of amides is 1. The van der Waals surface area contributed by atoms with E-state index in [0.717, 1.165) is 31.0 Å². The van der Waals surface area contributed by atoms with Gasteiger partial charge in [-0.2, -0.15) is 13.2 Å². The van der Waals surface area contributed by atoms with Crippen LogP contribution >= 0.6 is 11.6 Å². The summed E-state index contributed by atoms with van der Waals surface area (Å²) in [5, 5.41) is 4.77. The second-order valence-electron chi connectivity index (χ2n) is 12.2. The molecule has 2 N–H and O–H groups in total. The van der Waals surface area contributed by atoms with Gasteiger partial charge < -0.3 is 20.1 Å². The quantitative estimate of drug-likeness (QED) is 0.109. The van der Waals surface area contributed by atoms with Gasteiger partial charge in [0.25, 0.3) is 11.6 Å². The highest BCUT2D eigenvalue weighted by Gasteiger charge is 2.59. The molecule has 1 unspecified atom stereocenters. The van der Waals surface area contributed by atoms with E-state index in [-0.39, 0.29) is 51.6 Å². The Morgan fingerprint density at radius 3 is 2.27 bits per heavy atom. The van der Waals surface area contributed by atoms with Crippen molar-refractivity contribution in [3.8, 4) is 22.8 Å². The van der Waals surface area contributed by atoms with Gasteiger partial charge in [0.05, 0.1) is 42.7 Å². The first-order chi connectivity index (χ1) is 23.1. The predicted octanol–water partition coefficient (Wildman–Crippen LogP) is 7.96. The molecule has 0 saturated heterocycles. The lowest BCUT2D eigenvalue weighted by atomic mass is 9.89. The highest BCUT2D eigenvalue weighted by atomic mass is 35.5. The summed E-state index contributed by atoms with van der Waals surface area (Å²) in [6.45, 7) is 1.48. The van der Waals surface area contributed by atoms with Crippen LogP contribution in [-0.4, -0.2) is 49.2 Å². The standard InChI is InChI=1S/C36H33ClF5N3O4/c1-34(2,44-19-29(46)21-7-5-4-6-8-21)24-17-28(22-9-13-27(38)26(37)15-22)45-32(18-24)35(39,36(40,41)42)20-43-33(47)23-10-14-30(31(16-23)48-3)49-25-11-12-25/h4-10,13-18,25,44H,11-12,19-20H2,1-3H3,(H,43,47). The number of benzene rings is 3. The maximum absolute atomic E-state index is 16.6. The minimum Gasteiger partial charge on any atom is -0.493 e. The van der Waals surface area contributed by atoms with E-state index < -0.39 is 41.3 Å². The lowest BCUT2D eigenvalue weighted by Crippen LogP contribution is -2.49. The van der Waals surface area contributed by atoms with E-state index in [2.05, 4.69) is 15.6 Å². The molecule has 1 aliphatic rings. The van der Waals surface area contributed by atoms with Crippen molar-refractivity contribution in [2.24, 2.45) is 0 Å². The number of alkyl halides is 4. The molecular formula is C36H33ClF5N3O4. The number of hydrogen-bond donors (Lipinski definition) is 2. The fourth-order valence-corrected chi connectivity index (χ4v) is 5.12. The summed E-state index contributed by atoms with van der Waals surface area (Å²) in [5.74, 6) is -1.49. The topological polar surface area (TPSA) is 89.6 Å². The van der Waals surface area contributed by atoms with Crippen molar-refractivity contribution < 1.29 is 41.0 Å². The lowest BCUT2D eigenvalue weighted by molar-refractivity contribution is -0.234. The van der Waals surface area contributed by atoms with Crippen LogP contribution in [0.3, 0.4) is 0 Å². The molecule has 1 amide bonds. The number of rotatable bonds is 13. The molecule has 0 aliphatic heterocycles. The number of carbonyl (C=O) groups is 2. The second-order valence-corrected chi connectivity index (χ2v) is 12.6. The molecule has 13 heteroatoms. The molecule has 1 aliphatic carbocycles. The Morgan fingerprint density at radius 2 is 1.63 bits per heavy atom. The monoisotopic (exact) mass is 701 g/mol. The molecule has 49 heavy (non-hydrogen) atoms. The van der Waals surface area contributed by atoms with Crippen molar-refractivity contribution in [2.45, 2.75) is 50.2 Å². The lowest BCUT2D eigenvalue weighted by Gasteiger charge is -2.32. The number of methoxy groups -OCH3 is 1. The van der Waals surface area contributed by atoms with Crippen LogP contribution in [0.1, 0.15) is 58.7 Å². The normalized spacial score (nSPS) is 14.6. The van der Waals surface area contributed by atoms with Gasteiger partial charge in [-0.25, -0.2) is 13.8 Å². The van der Waals surface area contributed by atoms with Crippen molar-refractivity contribution >= 4 is 23.3 Å². The molecule has 7 nitrogen and oxygen atoms in total. The van der Waals surface area contributed by atoms with Crippen LogP contribution in [0.5, 0.6) is 11.5 Å². The number of halogens is 6. The van der Waals surface area contributed by atoms with Crippen molar-refractivity contribution in [2.75, 3.05) is 20.2 Å². The molecule has 1 aromatic heterocycles. The third kappa shape index (κ3) is 8.19. The zero-order chi connectivity index (χ0) is 35.6. The average Bonchev–Trinajstić information content (AvgIpc) is 3.91. The van der Waals surface area contributed by atoms with Gasteiger partial charge >= 0.3 is 6.18 Å².